The maximum Gasteiger partial charge on any atom is 0.146 e. The van der Waals surface area contributed by atoms with Gasteiger partial charge in [-0.3, -0.25) is 0 Å². The number of methoxy groups -OCH3 is 1. The zero-order valence-corrected chi connectivity index (χ0v) is 8.92. The van der Waals surface area contributed by atoms with Crippen LogP contribution in [0, 0.1) is 11.7 Å². The van der Waals surface area contributed by atoms with E-state index in [-0.39, 0.29) is 5.82 Å². The molecule has 15 heavy (non-hydrogen) atoms. The molecular formula is C12H16FNO. The fourth-order valence-electron chi connectivity index (χ4n) is 1.72. The molecule has 0 atom stereocenters. The minimum absolute atomic E-state index is 0.213. The van der Waals surface area contributed by atoms with Crippen LogP contribution in [0.1, 0.15) is 19.3 Å². The highest BCUT2D eigenvalue weighted by molar-refractivity contribution is 5.49. The SMILES string of the molecule is COc1ccc(F)c(NCC2CCC2)c1. The van der Waals surface area contributed by atoms with E-state index < -0.39 is 0 Å². The van der Waals surface area contributed by atoms with E-state index in [4.69, 9.17) is 4.74 Å². The fraction of sp³-hybridized carbons (Fsp3) is 0.500. The lowest BCUT2D eigenvalue weighted by molar-refractivity contribution is 0.333. The van der Waals surface area contributed by atoms with Gasteiger partial charge in [-0.1, -0.05) is 6.42 Å². The number of halogens is 1. The van der Waals surface area contributed by atoms with Gasteiger partial charge in [0.1, 0.15) is 11.6 Å². The van der Waals surface area contributed by atoms with Crippen molar-refractivity contribution in [3.63, 3.8) is 0 Å². The smallest absolute Gasteiger partial charge is 0.146 e. The van der Waals surface area contributed by atoms with Crippen molar-refractivity contribution in [2.45, 2.75) is 19.3 Å². The molecule has 0 spiro atoms. The van der Waals surface area contributed by atoms with E-state index in [1.807, 2.05) is 0 Å². The van der Waals surface area contributed by atoms with Crippen molar-refractivity contribution in [1.29, 1.82) is 0 Å². The number of nitrogens with one attached hydrogen (secondary N) is 1. The molecule has 1 aromatic rings. The van der Waals surface area contributed by atoms with Crippen molar-refractivity contribution in [2.24, 2.45) is 5.92 Å². The highest BCUT2D eigenvalue weighted by atomic mass is 19.1. The molecule has 0 heterocycles. The molecule has 0 aromatic heterocycles. The molecule has 2 nitrogen and oxygen atoms in total. The quantitative estimate of drug-likeness (QED) is 0.823. The Bertz CT molecular complexity index is 336. The Morgan fingerprint density at radius 1 is 1.47 bits per heavy atom. The predicted octanol–water partition coefficient (Wildman–Crippen LogP) is 3.05. The first-order valence-corrected chi connectivity index (χ1v) is 5.37. The van der Waals surface area contributed by atoms with E-state index in [9.17, 15) is 4.39 Å². The van der Waals surface area contributed by atoms with Gasteiger partial charge in [0.05, 0.1) is 12.8 Å². The molecule has 2 rings (SSSR count). The lowest BCUT2D eigenvalue weighted by atomic mass is 9.85. The van der Waals surface area contributed by atoms with Crippen LogP contribution in [-0.4, -0.2) is 13.7 Å². The summed E-state index contributed by atoms with van der Waals surface area (Å²) in [5.74, 6) is 1.19. The van der Waals surface area contributed by atoms with Crippen molar-refractivity contribution >= 4 is 5.69 Å². The molecule has 1 saturated carbocycles. The Balaban J connectivity index is 1.98. The molecule has 0 aliphatic heterocycles. The lowest BCUT2D eigenvalue weighted by Gasteiger charge is -2.26. The van der Waals surface area contributed by atoms with Crippen LogP contribution in [0.3, 0.4) is 0 Å². The normalized spacial score (nSPS) is 15.9. The Hall–Kier alpha value is -1.25. The van der Waals surface area contributed by atoms with Crippen LogP contribution in [0.4, 0.5) is 10.1 Å². The molecule has 1 fully saturated rings. The summed E-state index contributed by atoms with van der Waals surface area (Å²) in [6, 6.07) is 4.76. The average Bonchev–Trinajstić information content (AvgIpc) is 2.18. The van der Waals surface area contributed by atoms with Gasteiger partial charge in [0.25, 0.3) is 0 Å². The largest absolute Gasteiger partial charge is 0.497 e. The summed E-state index contributed by atoms with van der Waals surface area (Å²) in [6.45, 7) is 0.865. The molecule has 82 valence electrons. The van der Waals surface area contributed by atoms with Gasteiger partial charge < -0.3 is 10.1 Å². The molecule has 1 N–H and O–H groups in total. The summed E-state index contributed by atoms with van der Waals surface area (Å²) in [5.41, 5.74) is 0.543. The zero-order valence-electron chi connectivity index (χ0n) is 8.92. The third-order valence-corrected chi connectivity index (χ3v) is 2.98. The van der Waals surface area contributed by atoms with Crippen molar-refractivity contribution in [1.82, 2.24) is 0 Å². The van der Waals surface area contributed by atoms with Gasteiger partial charge in [0, 0.05) is 12.6 Å². The van der Waals surface area contributed by atoms with E-state index in [0.29, 0.717) is 11.4 Å². The lowest BCUT2D eigenvalue weighted by Crippen LogP contribution is -2.21. The highest BCUT2D eigenvalue weighted by Gasteiger charge is 2.17. The topological polar surface area (TPSA) is 21.3 Å². The first kappa shape index (κ1) is 10.3. The second kappa shape index (κ2) is 4.51. The molecular weight excluding hydrogens is 193 g/mol. The van der Waals surface area contributed by atoms with E-state index in [1.165, 1.54) is 25.3 Å². The number of ether oxygens (including phenoxy) is 1. The van der Waals surface area contributed by atoms with Crippen molar-refractivity contribution in [3.05, 3.63) is 24.0 Å². The number of rotatable bonds is 4. The molecule has 1 aliphatic carbocycles. The minimum Gasteiger partial charge on any atom is -0.497 e. The second-order valence-corrected chi connectivity index (χ2v) is 4.02. The molecule has 1 aliphatic rings. The number of anilines is 1. The van der Waals surface area contributed by atoms with Gasteiger partial charge in [-0.15, -0.1) is 0 Å². The van der Waals surface area contributed by atoms with E-state index in [2.05, 4.69) is 5.32 Å². The molecule has 0 radical (unpaired) electrons. The predicted molar refractivity (Wildman–Crippen MR) is 58.8 cm³/mol. The summed E-state index contributed by atoms with van der Waals surface area (Å²) in [7, 11) is 1.59. The van der Waals surface area contributed by atoms with Crippen LogP contribution in [-0.2, 0) is 0 Å². The summed E-state index contributed by atoms with van der Waals surface area (Å²) >= 11 is 0. The summed E-state index contributed by atoms with van der Waals surface area (Å²) in [4.78, 5) is 0. The first-order valence-electron chi connectivity index (χ1n) is 5.37. The Morgan fingerprint density at radius 3 is 2.87 bits per heavy atom. The Kier molecular flexibility index (Phi) is 3.09. The van der Waals surface area contributed by atoms with E-state index in [1.54, 1.807) is 19.2 Å². The Morgan fingerprint density at radius 2 is 2.27 bits per heavy atom. The number of hydrogen-bond donors (Lipinski definition) is 1. The zero-order chi connectivity index (χ0) is 10.7. The number of benzene rings is 1. The summed E-state index contributed by atoms with van der Waals surface area (Å²) < 4.78 is 18.4. The monoisotopic (exact) mass is 209 g/mol. The standard InChI is InChI=1S/C12H16FNO/c1-15-10-5-6-11(13)12(7-10)14-8-9-3-2-4-9/h5-7,9,14H,2-4,8H2,1H3. The Labute approximate surface area is 89.4 Å². The maximum atomic E-state index is 13.4. The van der Waals surface area contributed by atoms with Gasteiger partial charge in [0.2, 0.25) is 0 Å². The third kappa shape index (κ3) is 2.41. The van der Waals surface area contributed by atoms with Crippen molar-refractivity contribution in [2.75, 3.05) is 19.0 Å². The first-order chi connectivity index (χ1) is 7.29. The second-order valence-electron chi connectivity index (χ2n) is 4.02. The fourth-order valence-corrected chi connectivity index (χ4v) is 1.72. The highest BCUT2D eigenvalue weighted by Crippen LogP contribution is 2.27. The average molecular weight is 209 g/mol. The minimum atomic E-state index is -0.213. The van der Waals surface area contributed by atoms with Crippen LogP contribution in [0.25, 0.3) is 0 Å². The van der Waals surface area contributed by atoms with E-state index in [0.717, 1.165) is 12.5 Å². The maximum absolute atomic E-state index is 13.4. The van der Waals surface area contributed by atoms with Crippen LogP contribution < -0.4 is 10.1 Å². The van der Waals surface area contributed by atoms with Crippen LogP contribution in [0.15, 0.2) is 18.2 Å². The van der Waals surface area contributed by atoms with Gasteiger partial charge in [0.15, 0.2) is 0 Å². The number of hydrogen-bond acceptors (Lipinski definition) is 2. The van der Waals surface area contributed by atoms with Gasteiger partial charge in [-0.05, 0) is 30.9 Å². The molecule has 1 aromatic carbocycles. The van der Waals surface area contributed by atoms with Crippen LogP contribution in [0.2, 0.25) is 0 Å². The van der Waals surface area contributed by atoms with Crippen molar-refractivity contribution in [3.8, 4) is 5.75 Å². The summed E-state index contributed by atoms with van der Waals surface area (Å²) in [6.07, 6.45) is 3.84. The molecule has 0 unspecified atom stereocenters. The molecule has 0 amide bonds. The van der Waals surface area contributed by atoms with Crippen LogP contribution in [0.5, 0.6) is 5.75 Å². The molecule has 0 bridgehead atoms. The third-order valence-electron chi connectivity index (χ3n) is 2.98. The van der Waals surface area contributed by atoms with E-state index >= 15 is 0 Å². The van der Waals surface area contributed by atoms with Crippen LogP contribution >= 0.6 is 0 Å². The van der Waals surface area contributed by atoms with Gasteiger partial charge in [-0.2, -0.15) is 0 Å². The molecule has 3 heteroatoms. The molecule has 0 saturated heterocycles. The van der Waals surface area contributed by atoms with Crippen molar-refractivity contribution < 1.29 is 9.13 Å². The summed E-state index contributed by atoms with van der Waals surface area (Å²) in [5, 5.41) is 3.13. The van der Waals surface area contributed by atoms with Gasteiger partial charge >= 0.3 is 0 Å². The van der Waals surface area contributed by atoms with Gasteiger partial charge in [-0.25, -0.2) is 4.39 Å².